The Morgan fingerprint density at radius 3 is 2.55 bits per heavy atom. The average molecular weight is 414 g/mol. The Morgan fingerprint density at radius 2 is 1.86 bits per heavy atom. The number of para-hydroxylation sites is 1. The van der Waals surface area contributed by atoms with Gasteiger partial charge in [0.25, 0.3) is 0 Å². The van der Waals surface area contributed by atoms with E-state index in [0.717, 1.165) is 16.8 Å². The summed E-state index contributed by atoms with van der Waals surface area (Å²) in [7, 11) is 0. The molecule has 0 aliphatic carbocycles. The summed E-state index contributed by atoms with van der Waals surface area (Å²) in [6, 6.07) is 12.2. The molecule has 3 rings (SSSR count). The highest BCUT2D eigenvalue weighted by atomic mass is 32.2. The molecule has 0 aliphatic heterocycles. The molecule has 0 radical (unpaired) electrons. The first-order chi connectivity index (χ1) is 13.8. The fourth-order valence-electron chi connectivity index (χ4n) is 2.96. The van der Waals surface area contributed by atoms with Crippen LogP contribution in [0.2, 0.25) is 0 Å². The number of halogens is 1. The zero-order valence-corrected chi connectivity index (χ0v) is 17.6. The summed E-state index contributed by atoms with van der Waals surface area (Å²) in [6.45, 7) is 7.91. The summed E-state index contributed by atoms with van der Waals surface area (Å²) < 4.78 is 15.2. The van der Waals surface area contributed by atoms with Gasteiger partial charge in [-0.05, 0) is 43.0 Å². The number of benzene rings is 2. The molecule has 1 amide bonds. The van der Waals surface area contributed by atoms with Crippen LogP contribution in [0.4, 0.5) is 10.1 Å². The van der Waals surface area contributed by atoms with Gasteiger partial charge in [0.15, 0.2) is 5.82 Å². The first-order valence-corrected chi connectivity index (χ1v) is 10.2. The summed E-state index contributed by atoms with van der Waals surface area (Å²) in [4.78, 5) is 12.8. The van der Waals surface area contributed by atoms with Crippen molar-refractivity contribution in [1.29, 1.82) is 0 Å². The number of aromatic nitrogens is 3. The Bertz CT molecular complexity index is 1030. The summed E-state index contributed by atoms with van der Waals surface area (Å²) >= 11 is 1.17. The lowest BCUT2D eigenvalue weighted by Gasteiger charge is -2.18. The molecule has 3 aromatic rings. The van der Waals surface area contributed by atoms with Crippen molar-refractivity contribution in [2.75, 3.05) is 11.2 Å². The molecule has 1 aromatic heterocycles. The SMILES string of the molecule is Cc1cccc(C(C)C)c1NC(=O)[C@@H](C)Sc1nnc(-c2ccccc2F)n1N. The number of carbonyl (C=O) groups is 1. The van der Waals surface area contributed by atoms with Crippen LogP contribution >= 0.6 is 11.8 Å². The van der Waals surface area contributed by atoms with Gasteiger partial charge in [0.1, 0.15) is 5.82 Å². The molecule has 0 unspecified atom stereocenters. The number of rotatable bonds is 6. The van der Waals surface area contributed by atoms with Crippen LogP contribution in [-0.4, -0.2) is 26.0 Å². The van der Waals surface area contributed by atoms with Gasteiger partial charge >= 0.3 is 0 Å². The molecular formula is C21H24FN5OS. The molecule has 0 bridgehead atoms. The summed E-state index contributed by atoms with van der Waals surface area (Å²) in [5.74, 6) is 5.95. The number of aryl methyl sites for hydroxylation is 1. The topological polar surface area (TPSA) is 85.8 Å². The number of amides is 1. The van der Waals surface area contributed by atoms with Gasteiger partial charge in [-0.3, -0.25) is 4.79 Å². The minimum absolute atomic E-state index is 0.165. The van der Waals surface area contributed by atoms with Crippen LogP contribution in [-0.2, 0) is 4.79 Å². The van der Waals surface area contributed by atoms with Gasteiger partial charge in [-0.1, -0.05) is 55.9 Å². The summed E-state index contributed by atoms with van der Waals surface area (Å²) in [5, 5.41) is 10.9. The lowest BCUT2D eigenvalue weighted by atomic mass is 9.98. The van der Waals surface area contributed by atoms with Gasteiger partial charge in [-0.25, -0.2) is 9.07 Å². The van der Waals surface area contributed by atoms with E-state index in [1.807, 2.05) is 25.1 Å². The summed E-state index contributed by atoms with van der Waals surface area (Å²) in [6.07, 6.45) is 0. The van der Waals surface area contributed by atoms with Crippen molar-refractivity contribution in [2.45, 2.75) is 44.0 Å². The van der Waals surface area contributed by atoms with E-state index in [9.17, 15) is 9.18 Å². The third-order valence-corrected chi connectivity index (χ3v) is 5.66. The quantitative estimate of drug-likeness (QED) is 0.463. The predicted molar refractivity (Wildman–Crippen MR) is 115 cm³/mol. The van der Waals surface area contributed by atoms with Gasteiger partial charge in [-0.15, -0.1) is 10.2 Å². The monoisotopic (exact) mass is 413 g/mol. The highest BCUT2D eigenvalue weighted by molar-refractivity contribution is 8.00. The van der Waals surface area contributed by atoms with Crippen LogP contribution < -0.4 is 11.2 Å². The van der Waals surface area contributed by atoms with Gasteiger partial charge in [-0.2, -0.15) is 0 Å². The molecule has 8 heteroatoms. The number of hydrogen-bond donors (Lipinski definition) is 2. The third kappa shape index (κ3) is 4.42. The third-order valence-electron chi connectivity index (χ3n) is 4.61. The Balaban J connectivity index is 1.77. The van der Waals surface area contributed by atoms with Crippen molar-refractivity contribution >= 4 is 23.4 Å². The Morgan fingerprint density at radius 1 is 1.14 bits per heavy atom. The molecule has 3 N–H and O–H groups in total. The molecule has 1 heterocycles. The van der Waals surface area contributed by atoms with E-state index < -0.39 is 11.1 Å². The van der Waals surface area contributed by atoms with Gasteiger partial charge < -0.3 is 11.2 Å². The second kappa shape index (κ2) is 8.65. The Labute approximate surface area is 173 Å². The van der Waals surface area contributed by atoms with E-state index in [2.05, 4.69) is 29.4 Å². The minimum atomic E-state index is -0.477. The zero-order chi connectivity index (χ0) is 21.1. The number of nitrogens with two attached hydrogens (primary N) is 1. The molecule has 0 fully saturated rings. The smallest absolute Gasteiger partial charge is 0.237 e. The number of nitrogens with zero attached hydrogens (tertiary/aromatic N) is 3. The van der Waals surface area contributed by atoms with Gasteiger partial charge in [0.05, 0.1) is 10.8 Å². The van der Waals surface area contributed by atoms with Crippen molar-refractivity contribution < 1.29 is 9.18 Å². The predicted octanol–water partition coefficient (Wildman–Crippen LogP) is 4.35. The van der Waals surface area contributed by atoms with E-state index in [-0.39, 0.29) is 23.2 Å². The highest BCUT2D eigenvalue weighted by Gasteiger charge is 2.22. The second-order valence-electron chi connectivity index (χ2n) is 7.10. The molecule has 0 saturated heterocycles. The van der Waals surface area contributed by atoms with Crippen LogP contribution in [0, 0.1) is 12.7 Å². The van der Waals surface area contributed by atoms with Crippen LogP contribution in [0.5, 0.6) is 0 Å². The summed E-state index contributed by atoms with van der Waals surface area (Å²) in [5.41, 5.74) is 3.18. The largest absolute Gasteiger partial charge is 0.335 e. The fourth-order valence-corrected chi connectivity index (χ4v) is 3.73. The number of hydrogen-bond acceptors (Lipinski definition) is 5. The normalized spacial score (nSPS) is 12.2. The van der Waals surface area contributed by atoms with E-state index in [1.165, 1.54) is 22.5 Å². The molecular weight excluding hydrogens is 389 g/mol. The van der Waals surface area contributed by atoms with E-state index >= 15 is 0 Å². The number of carbonyl (C=O) groups excluding carboxylic acids is 1. The molecule has 6 nitrogen and oxygen atoms in total. The number of nitrogens with one attached hydrogen (secondary N) is 1. The first-order valence-electron chi connectivity index (χ1n) is 9.32. The molecule has 2 aromatic carbocycles. The maximum atomic E-state index is 14.0. The fraction of sp³-hybridized carbons (Fsp3) is 0.286. The van der Waals surface area contributed by atoms with E-state index in [4.69, 9.17) is 5.84 Å². The van der Waals surface area contributed by atoms with Crippen LogP contribution in [0.15, 0.2) is 47.6 Å². The standard InChI is InChI=1S/C21H24FN5OS/c1-12(2)15-10-7-8-13(3)18(15)24-20(28)14(4)29-21-26-25-19(27(21)23)16-9-5-6-11-17(16)22/h5-12,14H,23H2,1-4H3,(H,24,28)/t14-/m1/s1. The molecule has 152 valence electrons. The first kappa shape index (κ1) is 20.9. The lowest BCUT2D eigenvalue weighted by molar-refractivity contribution is -0.115. The minimum Gasteiger partial charge on any atom is -0.335 e. The maximum absolute atomic E-state index is 14.0. The van der Waals surface area contributed by atoms with Gasteiger partial charge in [0, 0.05) is 5.69 Å². The zero-order valence-electron chi connectivity index (χ0n) is 16.8. The Kier molecular flexibility index (Phi) is 6.22. The number of nitrogen functional groups attached to an aromatic ring is 1. The molecule has 0 saturated carbocycles. The maximum Gasteiger partial charge on any atom is 0.237 e. The Hall–Kier alpha value is -2.87. The highest BCUT2D eigenvalue weighted by Crippen LogP contribution is 2.30. The second-order valence-corrected chi connectivity index (χ2v) is 8.41. The number of anilines is 1. The van der Waals surface area contributed by atoms with Crippen LogP contribution in [0.25, 0.3) is 11.4 Å². The number of thioether (sulfide) groups is 1. The van der Waals surface area contributed by atoms with Crippen molar-refractivity contribution in [3.8, 4) is 11.4 Å². The average Bonchev–Trinajstić information content (AvgIpc) is 3.03. The van der Waals surface area contributed by atoms with Crippen LogP contribution in [0.3, 0.4) is 0 Å². The molecule has 1 atom stereocenters. The van der Waals surface area contributed by atoms with E-state index in [0.29, 0.717) is 5.16 Å². The van der Waals surface area contributed by atoms with Crippen molar-refractivity contribution in [2.24, 2.45) is 0 Å². The van der Waals surface area contributed by atoms with Crippen molar-refractivity contribution in [3.63, 3.8) is 0 Å². The van der Waals surface area contributed by atoms with Crippen LogP contribution in [0.1, 0.15) is 37.8 Å². The molecule has 0 aliphatic rings. The van der Waals surface area contributed by atoms with Crippen molar-refractivity contribution in [1.82, 2.24) is 14.9 Å². The molecule has 29 heavy (non-hydrogen) atoms. The van der Waals surface area contributed by atoms with Crippen molar-refractivity contribution in [3.05, 3.63) is 59.4 Å². The molecule has 0 spiro atoms. The lowest BCUT2D eigenvalue weighted by Crippen LogP contribution is -2.25. The van der Waals surface area contributed by atoms with Gasteiger partial charge in [0.2, 0.25) is 11.1 Å². The van der Waals surface area contributed by atoms with E-state index in [1.54, 1.807) is 25.1 Å².